The predicted molar refractivity (Wildman–Crippen MR) is 110 cm³/mol. The summed E-state index contributed by atoms with van der Waals surface area (Å²) in [7, 11) is 0. The Kier molecular flexibility index (Phi) is 5.37. The Hall–Kier alpha value is -1.35. The van der Waals surface area contributed by atoms with Crippen molar-refractivity contribution in [3.05, 3.63) is 72.9 Å². The number of nitrogens with zero attached hydrogens (tertiary/aromatic N) is 1. The van der Waals surface area contributed by atoms with E-state index in [9.17, 15) is 0 Å². The van der Waals surface area contributed by atoms with E-state index in [4.69, 9.17) is 9.94 Å². The number of hydrogen-bond acceptors (Lipinski definition) is 3. The predicted octanol–water partition coefficient (Wildman–Crippen LogP) is 5.44. The van der Waals surface area contributed by atoms with Crippen molar-refractivity contribution in [1.29, 1.82) is 0 Å². The van der Waals surface area contributed by atoms with Gasteiger partial charge in [-0.2, -0.15) is 0 Å². The van der Waals surface area contributed by atoms with Crippen LogP contribution in [0.3, 0.4) is 0 Å². The summed E-state index contributed by atoms with van der Waals surface area (Å²) >= 11 is 4.48. The van der Waals surface area contributed by atoms with Crippen LogP contribution in [0.2, 0.25) is 0 Å². The summed E-state index contributed by atoms with van der Waals surface area (Å²) in [5, 5.41) is 14.2. The zero-order valence-corrected chi connectivity index (χ0v) is 16.4. The fourth-order valence-electron chi connectivity index (χ4n) is 2.43. The summed E-state index contributed by atoms with van der Waals surface area (Å²) in [5.41, 5.74) is 2.01. The summed E-state index contributed by atoms with van der Waals surface area (Å²) in [6.45, 7) is 0.515. The minimum Gasteiger partial charge on any atom is -0.487 e. The first-order valence-corrected chi connectivity index (χ1v) is 9.10. The van der Waals surface area contributed by atoms with Crippen molar-refractivity contribution in [3.8, 4) is 5.75 Å². The minimum atomic E-state index is 0.515. The summed E-state index contributed by atoms with van der Waals surface area (Å²) in [4.78, 5) is 0. The van der Waals surface area contributed by atoms with Gasteiger partial charge in [-0.15, -0.1) is 0 Å². The molecule has 0 aliphatic carbocycles. The van der Waals surface area contributed by atoms with E-state index in [2.05, 4.69) is 80.7 Å². The maximum absolute atomic E-state index is 8.66. The van der Waals surface area contributed by atoms with Crippen molar-refractivity contribution in [3.63, 3.8) is 0 Å². The van der Waals surface area contributed by atoms with Crippen LogP contribution in [0.4, 0.5) is 0 Å². The van der Waals surface area contributed by atoms with Gasteiger partial charge < -0.3 is 9.94 Å². The molecule has 0 unspecified atom stereocenters. The van der Waals surface area contributed by atoms with E-state index in [1.807, 2.05) is 24.3 Å². The first-order valence-electron chi connectivity index (χ1n) is 6.95. The molecule has 5 heteroatoms. The molecular formula is C18H13I2NO2. The second kappa shape index (κ2) is 7.48. The van der Waals surface area contributed by atoms with Gasteiger partial charge in [-0.1, -0.05) is 47.6 Å². The van der Waals surface area contributed by atoms with Crippen LogP contribution in [-0.4, -0.2) is 11.4 Å². The molecule has 3 aromatic carbocycles. The van der Waals surface area contributed by atoms with Crippen molar-refractivity contribution in [2.75, 3.05) is 0 Å². The Morgan fingerprint density at radius 1 is 1.00 bits per heavy atom. The first-order chi connectivity index (χ1) is 11.2. The molecule has 0 aliphatic rings. The van der Waals surface area contributed by atoms with Crippen LogP contribution in [-0.2, 0) is 6.61 Å². The zero-order chi connectivity index (χ0) is 16.2. The van der Waals surface area contributed by atoms with Gasteiger partial charge in [-0.3, -0.25) is 0 Å². The molecule has 0 aliphatic heterocycles. The van der Waals surface area contributed by atoms with Crippen LogP contribution >= 0.6 is 45.2 Å². The standard InChI is InChI=1S/C18H13I2NO2/c19-16-8-12(10-21-22)9-17(20)18(16)23-11-14-6-3-5-13-4-1-2-7-15(13)14/h1-10,22H,11H2/b21-10-. The number of fused-ring (bicyclic) bond motifs is 1. The lowest BCUT2D eigenvalue weighted by Gasteiger charge is -2.13. The molecule has 0 radical (unpaired) electrons. The molecule has 0 spiro atoms. The Labute approximate surface area is 161 Å². The number of benzene rings is 3. The summed E-state index contributed by atoms with van der Waals surface area (Å²) < 4.78 is 8.05. The summed E-state index contributed by atoms with van der Waals surface area (Å²) in [5.74, 6) is 0.856. The highest BCUT2D eigenvalue weighted by molar-refractivity contribution is 14.1. The molecular weight excluding hydrogens is 516 g/mol. The van der Waals surface area contributed by atoms with E-state index in [0.717, 1.165) is 24.0 Å². The van der Waals surface area contributed by atoms with Crippen molar-refractivity contribution < 1.29 is 9.94 Å². The van der Waals surface area contributed by atoms with Crippen molar-refractivity contribution in [2.24, 2.45) is 5.16 Å². The molecule has 0 heterocycles. The van der Waals surface area contributed by atoms with Gasteiger partial charge in [0.25, 0.3) is 0 Å². The molecule has 1 N–H and O–H groups in total. The number of hydrogen-bond donors (Lipinski definition) is 1. The smallest absolute Gasteiger partial charge is 0.146 e. The number of oxime groups is 1. The molecule has 0 bridgehead atoms. The van der Waals surface area contributed by atoms with Gasteiger partial charge in [-0.05, 0) is 79.2 Å². The number of rotatable bonds is 4. The normalized spacial score (nSPS) is 11.2. The molecule has 0 atom stereocenters. The molecule has 23 heavy (non-hydrogen) atoms. The van der Waals surface area contributed by atoms with E-state index in [-0.39, 0.29) is 0 Å². The van der Waals surface area contributed by atoms with Gasteiger partial charge in [0.1, 0.15) is 12.4 Å². The van der Waals surface area contributed by atoms with Gasteiger partial charge >= 0.3 is 0 Å². The Morgan fingerprint density at radius 3 is 2.43 bits per heavy atom. The van der Waals surface area contributed by atoms with E-state index in [0.29, 0.717) is 6.61 Å². The minimum absolute atomic E-state index is 0.515. The summed E-state index contributed by atoms with van der Waals surface area (Å²) in [6, 6.07) is 18.4. The summed E-state index contributed by atoms with van der Waals surface area (Å²) in [6.07, 6.45) is 1.42. The van der Waals surface area contributed by atoms with Crippen LogP contribution in [0.5, 0.6) is 5.75 Å². The second-order valence-corrected chi connectivity index (χ2v) is 7.31. The topological polar surface area (TPSA) is 41.8 Å². The maximum Gasteiger partial charge on any atom is 0.146 e. The van der Waals surface area contributed by atoms with E-state index in [1.165, 1.54) is 17.0 Å². The lowest BCUT2D eigenvalue weighted by atomic mass is 10.1. The van der Waals surface area contributed by atoms with Gasteiger partial charge in [0.2, 0.25) is 0 Å². The van der Waals surface area contributed by atoms with Crippen LogP contribution in [0.1, 0.15) is 11.1 Å². The molecule has 3 rings (SSSR count). The lowest BCUT2D eigenvalue weighted by molar-refractivity contribution is 0.303. The van der Waals surface area contributed by atoms with Crippen molar-refractivity contribution >= 4 is 62.2 Å². The third-order valence-corrected chi connectivity index (χ3v) is 5.08. The SMILES string of the molecule is O/N=C\c1cc(I)c(OCc2cccc3ccccc23)c(I)c1. The molecule has 0 aromatic heterocycles. The highest BCUT2D eigenvalue weighted by Gasteiger charge is 2.10. The zero-order valence-electron chi connectivity index (χ0n) is 12.0. The fourth-order valence-corrected chi connectivity index (χ4v) is 4.55. The molecule has 116 valence electrons. The molecule has 0 saturated carbocycles. The molecule has 3 nitrogen and oxygen atoms in total. The van der Waals surface area contributed by atoms with Crippen LogP contribution in [0, 0.1) is 7.14 Å². The van der Waals surface area contributed by atoms with E-state index < -0.39 is 0 Å². The average Bonchev–Trinajstić information content (AvgIpc) is 2.54. The third kappa shape index (κ3) is 3.77. The highest BCUT2D eigenvalue weighted by atomic mass is 127. The van der Waals surface area contributed by atoms with Gasteiger partial charge in [0.15, 0.2) is 0 Å². The maximum atomic E-state index is 8.66. The Balaban J connectivity index is 1.88. The molecule has 0 amide bonds. The number of halogens is 2. The van der Waals surface area contributed by atoms with E-state index in [1.54, 1.807) is 0 Å². The average molecular weight is 529 g/mol. The van der Waals surface area contributed by atoms with Crippen LogP contribution in [0.15, 0.2) is 59.8 Å². The number of ether oxygens (including phenoxy) is 1. The molecule has 0 fully saturated rings. The largest absolute Gasteiger partial charge is 0.487 e. The van der Waals surface area contributed by atoms with E-state index >= 15 is 0 Å². The monoisotopic (exact) mass is 529 g/mol. The molecule has 0 saturated heterocycles. The highest BCUT2D eigenvalue weighted by Crippen LogP contribution is 2.30. The third-order valence-electron chi connectivity index (χ3n) is 3.48. The lowest BCUT2D eigenvalue weighted by Crippen LogP contribution is -2.01. The van der Waals surface area contributed by atoms with Crippen LogP contribution in [0.25, 0.3) is 10.8 Å². The van der Waals surface area contributed by atoms with Crippen molar-refractivity contribution in [2.45, 2.75) is 6.61 Å². The van der Waals surface area contributed by atoms with Gasteiger partial charge in [0.05, 0.1) is 13.4 Å². The molecule has 3 aromatic rings. The van der Waals surface area contributed by atoms with Crippen LogP contribution < -0.4 is 4.74 Å². The van der Waals surface area contributed by atoms with Gasteiger partial charge in [-0.25, -0.2) is 0 Å². The Bertz CT molecular complexity index is 850. The first kappa shape index (κ1) is 16.5. The van der Waals surface area contributed by atoms with Crippen molar-refractivity contribution in [1.82, 2.24) is 0 Å². The quantitative estimate of drug-likeness (QED) is 0.212. The second-order valence-electron chi connectivity index (χ2n) is 4.99. The fraction of sp³-hybridized carbons (Fsp3) is 0.0556. The Morgan fingerprint density at radius 2 is 1.70 bits per heavy atom. The van der Waals surface area contributed by atoms with Gasteiger partial charge in [0, 0.05) is 0 Å².